The van der Waals surface area contributed by atoms with Gasteiger partial charge in [0.25, 0.3) is 5.56 Å². The second-order valence-electron chi connectivity index (χ2n) is 9.22. The third-order valence-electron chi connectivity index (χ3n) is 6.89. The molecule has 0 fully saturated rings. The van der Waals surface area contributed by atoms with Crippen molar-refractivity contribution in [1.82, 2.24) is 14.5 Å². The maximum absolute atomic E-state index is 14.0. The first-order valence-electron chi connectivity index (χ1n) is 12.1. The van der Waals surface area contributed by atoms with Crippen LogP contribution in [0.5, 0.6) is 5.75 Å². The molecule has 1 aromatic carbocycles. The van der Waals surface area contributed by atoms with Gasteiger partial charge in [-0.3, -0.25) is 19.0 Å². The molecule has 192 valence electrons. The van der Waals surface area contributed by atoms with Gasteiger partial charge in [0, 0.05) is 32.7 Å². The monoisotopic (exact) mass is 498 g/mol. The number of aromatic hydroxyl groups is 1. The molecule has 3 heterocycles. The number of amides is 1. The van der Waals surface area contributed by atoms with Crippen LogP contribution >= 0.6 is 0 Å². The van der Waals surface area contributed by atoms with E-state index in [1.165, 1.54) is 27.7 Å². The van der Waals surface area contributed by atoms with Gasteiger partial charge < -0.3 is 19.6 Å². The standard InChI is InChI=1S/C26H31FN4O5/c1-4-18-14-36-15-20-25-28-23(24(34)26(35)31(18)25)21(32)11-9-16-8-10-17(27)13-19(16)29(2)12-6-5-7-22(33)30(20)3/h5,7-8,10,13,18,20,34H,4,6,9,11-12,14-15H2,1-3H3/b7-5+/t18-,20+/m0/s1. The lowest BCUT2D eigenvalue weighted by atomic mass is 10.0. The fourth-order valence-electron chi connectivity index (χ4n) is 4.69. The Morgan fingerprint density at radius 1 is 1.17 bits per heavy atom. The number of hydrogen-bond acceptors (Lipinski definition) is 7. The van der Waals surface area contributed by atoms with Crippen molar-refractivity contribution >= 4 is 17.4 Å². The van der Waals surface area contributed by atoms with Gasteiger partial charge >= 0.3 is 0 Å². The molecular formula is C26H31FN4O5. The number of ketones is 1. The molecule has 0 radical (unpaired) electrons. The Morgan fingerprint density at radius 3 is 2.69 bits per heavy atom. The summed E-state index contributed by atoms with van der Waals surface area (Å²) in [5.41, 5.74) is 0.329. The minimum absolute atomic E-state index is 0.0387. The predicted molar refractivity (Wildman–Crippen MR) is 132 cm³/mol. The third kappa shape index (κ3) is 4.90. The molecule has 0 saturated heterocycles. The van der Waals surface area contributed by atoms with E-state index in [4.69, 9.17) is 4.74 Å². The van der Waals surface area contributed by atoms with Crippen LogP contribution in [-0.2, 0) is 16.0 Å². The molecule has 0 saturated carbocycles. The van der Waals surface area contributed by atoms with Gasteiger partial charge in [-0.25, -0.2) is 9.37 Å². The van der Waals surface area contributed by atoms with Crippen molar-refractivity contribution < 1.29 is 23.8 Å². The fourth-order valence-corrected chi connectivity index (χ4v) is 4.69. The Balaban J connectivity index is 1.85. The molecule has 2 aromatic rings. The number of hydrogen-bond donors (Lipinski definition) is 1. The highest BCUT2D eigenvalue weighted by Gasteiger charge is 2.34. The number of Topliss-reactive ketones (excluding diaryl/α,β-unsaturated/α-hetero) is 1. The van der Waals surface area contributed by atoms with Crippen LogP contribution in [0.15, 0.2) is 35.1 Å². The summed E-state index contributed by atoms with van der Waals surface area (Å²) in [6.45, 7) is 2.72. The summed E-state index contributed by atoms with van der Waals surface area (Å²) < 4.78 is 21.2. The molecule has 2 bridgehead atoms. The summed E-state index contributed by atoms with van der Waals surface area (Å²) in [6.07, 6.45) is 4.50. The number of aryl methyl sites for hydroxylation is 1. The Kier molecular flexibility index (Phi) is 7.53. The number of nitrogens with zero attached hydrogens (tertiary/aromatic N) is 4. The average Bonchev–Trinajstić information content (AvgIpc) is 3.05. The zero-order valence-corrected chi connectivity index (χ0v) is 20.7. The van der Waals surface area contributed by atoms with Crippen LogP contribution in [0.25, 0.3) is 0 Å². The second-order valence-corrected chi connectivity index (χ2v) is 9.22. The second kappa shape index (κ2) is 10.6. The lowest BCUT2D eigenvalue weighted by Crippen LogP contribution is -2.38. The van der Waals surface area contributed by atoms with Gasteiger partial charge in [-0.1, -0.05) is 19.1 Å². The first-order chi connectivity index (χ1) is 17.2. The molecule has 2 atom stereocenters. The summed E-state index contributed by atoms with van der Waals surface area (Å²) in [6, 6.07) is 3.25. The van der Waals surface area contributed by atoms with E-state index in [-0.39, 0.29) is 43.5 Å². The minimum Gasteiger partial charge on any atom is -0.501 e. The summed E-state index contributed by atoms with van der Waals surface area (Å²) in [5.74, 6) is -1.73. The van der Waals surface area contributed by atoms with Gasteiger partial charge in [0.2, 0.25) is 11.7 Å². The van der Waals surface area contributed by atoms with Crippen molar-refractivity contribution in [3.63, 3.8) is 0 Å². The molecule has 10 heteroatoms. The zero-order chi connectivity index (χ0) is 26.0. The fraction of sp³-hybridized carbons (Fsp3) is 0.462. The largest absolute Gasteiger partial charge is 0.501 e. The van der Waals surface area contributed by atoms with E-state index in [0.29, 0.717) is 25.1 Å². The van der Waals surface area contributed by atoms with Gasteiger partial charge in [0.05, 0.1) is 19.3 Å². The first kappa shape index (κ1) is 25.6. The number of carbonyl (C=O) groups excluding carboxylic acids is 2. The van der Waals surface area contributed by atoms with Crippen molar-refractivity contribution in [2.24, 2.45) is 0 Å². The van der Waals surface area contributed by atoms with Crippen LogP contribution in [0.2, 0.25) is 0 Å². The van der Waals surface area contributed by atoms with E-state index in [2.05, 4.69) is 4.98 Å². The molecule has 0 aliphatic carbocycles. The molecular weight excluding hydrogens is 467 g/mol. The maximum Gasteiger partial charge on any atom is 0.296 e. The van der Waals surface area contributed by atoms with Crippen molar-refractivity contribution in [2.75, 3.05) is 38.8 Å². The van der Waals surface area contributed by atoms with E-state index < -0.39 is 35.0 Å². The smallest absolute Gasteiger partial charge is 0.296 e. The van der Waals surface area contributed by atoms with Gasteiger partial charge in [-0.05, 0) is 43.0 Å². The van der Waals surface area contributed by atoms with Crippen LogP contribution in [0.1, 0.15) is 60.1 Å². The number of ether oxygens (including phenoxy) is 1. The van der Waals surface area contributed by atoms with Crippen molar-refractivity contribution in [1.29, 1.82) is 0 Å². The molecule has 9 nitrogen and oxygen atoms in total. The SMILES string of the molecule is CC[C@H]1COC[C@@H]2c3nc(c(O)c(=O)n31)C(=O)CCc1ccc(F)cc1N(C)CC/C=C/C(=O)N2C. The maximum atomic E-state index is 14.0. The summed E-state index contributed by atoms with van der Waals surface area (Å²) >= 11 is 0. The number of anilines is 1. The van der Waals surface area contributed by atoms with Crippen molar-refractivity contribution in [2.45, 2.75) is 44.7 Å². The highest BCUT2D eigenvalue weighted by molar-refractivity contribution is 5.96. The molecule has 2 aliphatic heterocycles. The van der Waals surface area contributed by atoms with Crippen LogP contribution in [0.3, 0.4) is 0 Å². The van der Waals surface area contributed by atoms with E-state index in [1.54, 1.807) is 19.2 Å². The van der Waals surface area contributed by atoms with Crippen molar-refractivity contribution in [3.8, 4) is 5.75 Å². The quantitative estimate of drug-likeness (QED) is 0.645. The average molecular weight is 499 g/mol. The van der Waals surface area contributed by atoms with Crippen LogP contribution in [0.4, 0.5) is 10.1 Å². The molecule has 1 aromatic heterocycles. The number of fused-ring (bicyclic) bond motifs is 2. The number of aromatic nitrogens is 2. The molecule has 36 heavy (non-hydrogen) atoms. The third-order valence-corrected chi connectivity index (χ3v) is 6.89. The number of carbonyl (C=O) groups is 2. The Morgan fingerprint density at radius 2 is 1.94 bits per heavy atom. The molecule has 1 N–H and O–H groups in total. The first-order valence-corrected chi connectivity index (χ1v) is 12.1. The Bertz CT molecular complexity index is 1260. The lowest BCUT2D eigenvalue weighted by molar-refractivity contribution is -0.128. The predicted octanol–water partition coefficient (Wildman–Crippen LogP) is 2.78. The van der Waals surface area contributed by atoms with Gasteiger partial charge in [-0.15, -0.1) is 0 Å². The van der Waals surface area contributed by atoms with E-state index in [1.807, 2.05) is 18.9 Å². The van der Waals surface area contributed by atoms with Crippen LogP contribution in [0, 0.1) is 5.82 Å². The zero-order valence-electron chi connectivity index (χ0n) is 20.7. The molecule has 0 spiro atoms. The lowest BCUT2D eigenvalue weighted by Gasteiger charge is -2.28. The normalized spacial score (nSPS) is 22.2. The number of rotatable bonds is 1. The molecule has 2 aliphatic rings. The highest BCUT2D eigenvalue weighted by Crippen LogP contribution is 2.29. The number of halogens is 1. The number of likely N-dealkylation sites (N-methyl/N-ethyl adjacent to an activating group) is 1. The topological polar surface area (TPSA) is 105 Å². The highest BCUT2D eigenvalue weighted by atomic mass is 19.1. The van der Waals surface area contributed by atoms with Gasteiger partial charge in [-0.2, -0.15) is 0 Å². The molecule has 0 unspecified atom stereocenters. The van der Waals surface area contributed by atoms with E-state index in [0.717, 1.165) is 5.56 Å². The molecule has 1 amide bonds. The van der Waals surface area contributed by atoms with Crippen molar-refractivity contribution in [3.05, 3.63) is 63.6 Å². The summed E-state index contributed by atoms with van der Waals surface area (Å²) in [5, 5.41) is 10.7. The van der Waals surface area contributed by atoms with E-state index in [9.17, 15) is 23.9 Å². The summed E-state index contributed by atoms with van der Waals surface area (Å²) in [7, 11) is 3.41. The Labute approximate surface area is 208 Å². The molecule has 4 rings (SSSR count). The van der Waals surface area contributed by atoms with E-state index >= 15 is 0 Å². The van der Waals surface area contributed by atoms with Gasteiger partial charge in [0.1, 0.15) is 17.7 Å². The van der Waals surface area contributed by atoms with Crippen LogP contribution in [-0.4, -0.2) is 65.1 Å². The Hall–Kier alpha value is -3.53. The van der Waals surface area contributed by atoms with Gasteiger partial charge in [0.15, 0.2) is 11.5 Å². The summed E-state index contributed by atoms with van der Waals surface area (Å²) in [4.78, 5) is 47.3. The number of benzene rings is 1. The minimum atomic E-state index is -0.731. The van der Waals surface area contributed by atoms with Crippen LogP contribution < -0.4 is 10.5 Å².